The Hall–Kier alpha value is -1.36. The Kier molecular flexibility index (Phi) is 3.01. The van der Waals surface area contributed by atoms with Crippen LogP contribution in [0.15, 0.2) is 21.5 Å². The predicted octanol–water partition coefficient (Wildman–Crippen LogP) is 1.28. The van der Waals surface area contributed by atoms with Crippen molar-refractivity contribution in [2.24, 2.45) is 10.1 Å². The van der Waals surface area contributed by atoms with Gasteiger partial charge < -0.3 is 5.32 Å². The summed E-state index contributed by atoms with van der Waals surface area (Å²) in [5, 5.41) is 11.3. The summed E-state index contributed by atoms with van der Waals surface area (Å²) < 4.78 is 0. The van der Waals surface area contributed by atoms with Crippen molar-refractivity contribution >= 4 is 23.5 Å². The minimum Gasteiger partial charge on any atom is -0.353 e. The van der Waals surface area contributed by atoms with Crippen LogP contribution in [0.2, 0.25) is 0 Å². The Morgan fingerprint density at radius 1 is 1.67 bits per heavy atom. The molecule has 0 bridgehead atoms. The number of aliphatic imine (C=N–C) groups is 1. The number of hydrogen-bond donors (Lipinski definition) is 1. The number of guanidine groups is 1. The fourth-order valence-corrected chi connectivity index (χ4v) is 2.09. The Labute approximate surface area is 93.3 Å². The molecule has 1 aromatic heterocycles. The van der Waals surface area contributed by atoms with Crippen LogP contribution in [0.5, 0.6) is 0 Å². The van der Waals surface area contributed by atoms with Crippen molar-refractivity contribution in [3.63, 3.8) is 0 Å². The van der Waals surface area contributed by atoms with E-state index in [2.05, 4.69) is 33.8 Å². The number of nitrogens with one attached hydrogen (secondary N) is 1. The Morgan fingerprint density at radius 2 is 2.53 bits per heavy atom. The number of rotatable bonds is 2. The maximum Gasteiger partial charge on any atom is 0.214 e. The van der Waals surface area contributed by atoms with Crippen LogP contribution in [0, 0.1) is 6.92 Å². The number of nitrogens with zero attached hydrogens (tertiary/aromatic N) is 3. The van der Waals surface area contributed by atoms with Crippen molar-refractivity contribution < 1.29 is 0 Å². The minimum atomic E-state index is 0.840. The van der Waals surface area contributed by atoms with Crippen molar-refractivity contribution in [1.82, 2.24) is 10.3 Å². The van der Waals surface area contributed by atoms with Crippen molar-refractivity contribution in [3.8, 4) is 0 Å². The van der Waals surface area contributed by atoms with E-state index in [0.29, 0.717) is 0 Å². The fourth-order valence-electron chi connectivity index (χ4n) is 1.31. The molecule has 4 nitrogen and oxygen atoms in total. The molecule has 0 spiro atoms. The summed E-state index contributed by atoms with van der Waals surface area (Å²) in [6.07, 6.45) is 1.88. The monoisotopic (exact) mass is 222 g/mol. The van der Waals surface area contributed by atoms with Gasteiger partial charge in [-0.15, -0.1) is 11.3 Å². The van der Waals surface area contributed by atoms with Crippen molar-refractivity contribution in [1.29, 1.82) is 0 Å². The molecule has 5 heteroatoms. The molecule has 15 heavy (non-hydrogen) atoms. The second kappa shape index (κ2) is 4.44. The van der Waals surface area contributed by atoms with Gasteiger partial charge in [0.25, 0.3) is 0 Å². The van der Waals surface area contributed by atoms with Gasteiger partial charge >= 0.3 is 0 Å². The van der Waals surface area contributed by atoms with Crippen LogP contribution in [0.4, 0.5) is 0 Å². The second-order valence-electron chi connectivity index (χ2n) is 3.37. The van der Waals surface area contributed by atoms with Gasteiger partial charge in [-0.3, -0.25) is 0 Å². The zero-order chi connectivity index (χ0) is 10.7. The molecule has 0 atom stereocenters. The van der Waals surface area contributed by atoms with E-state index < -0.39 is 0 Å². The molecule has 2 rings (SSSR count). The molecular formula is C10H14N4S. The Balaban J connectivity index is 2.02. The van der Waals surface area contributed by atoms with Crippen molar-refractivity contribution in [3.05, 3.63) is 21.9 Å². The minimum absolute atomic E-state index is 0.840. The first-order chi connectivity index (χ1) is 7.27. The average molecular weight is 222 g/mol. The van der Waals surface area contributed by atoms with Gasteiger partial charge in [0.1, 0.15) is 0 Å². The van der Waals surface area contributed by atoms with Crippen LogP contribution >= 0.6 is 11.3 Å². The summed E-state index contributed by atoms with van der Waals surface area (Å²) >= 11 is 1.70. The van der Waals surface area contributed by atoms with Crippen LogP contribution in [0.25, 0.3) is 0 Å². The van der Waals surface area contributed by atoms with Gasteiger partial charge in [-0.05, 0) is 23.9 Å². The van der Waals surface area contributed by atoms with Gasteiger partial charge in [0.2, 0.25) is 5.96 Å². The molecule has 2 heterocycles. The quantitative estimate of drug-likeness (QED) is 0.605. The van der Waals surface area contributed by atoms with Crippen LogP contribution in [0.1, 0.15) is 10.4 Å². The van der Waals surface area contributed by atoms with Crippen molar-refractivity contribution in [2.45, 2.75) is 6.92 Å². The highest BCUT2D eigenvalue weighted by Gasteiger charge is 2.08. The molecule has 1 N–H and O–H groups in total. The van der Waals surface area contributed by atoms with Gasteiger partial charge in [-0.25, -0.2) is 10.0 Å². The summed E-state index contributed by atoms with van der Waals surface area (Å²) in [5.74, 6) is 0.848. The van der Waals surface area contributed by atoms with E-state index in [9.17, 15) is 0 Å². The Morgan fingerprint density at radius 3 is 3.13 bits per heavy atom. The topological polar surface area (TPSA) is 40.0 Å². The predicted molar refractivity (Wildman–Crippen MR) is 64.7 cm³/mol. The molecule has 0 saturated heterocycles. The number of thiophene rings is 1. The Bertz CT molecular complexity index is 394. The van der Waals surface area contributed by atoms with Crippen LogP contribution < -0.4 is 5.32 Å². The first-order valence-corrected chi connectivity index (χ1v) is 5.75. The summed E-state index contributed by atoms with van der Waals surface area (Å²) in [6.45, 7) is 3.84. The normalized spacial score (nSPS) is 15.5. The summed E-state index contributed by atoms with van der Waals surface area (Å²) in [4.78, 5) is 5.47. The lowest BCUT2D eigenvalue weighted by Gasteiger charge is -2.11. The number of aryl methyl sites for hydroxylation is 1. The first-order valence-electron chi connectivity index (χ1n) is 4.87. The van der Waals surface area contributed by atoms with E-state index in [1.54, 1.807) is 16.3 Å². The summed E-state index contributed by atoms with van der Waals surface area (Å²) in [5.41, 5.74) is 1.26. The molecule has 1 aliphatic rings. The molecule has 1 aliphatic heterocycles. The van der Waals surface area contributed by atoms with Gasteiger partial charge in [0.15, 0.2) is 0 Å². The van der Waals surface area contributed by atoms with Gasteiger partial charge in [-0.2, -0.15) is 5.10 Å². The average Bonchev–Trinajstić information content (AvgIpc) is 2.85. The first kappa shape index (κ1) is 10.2. The second-order valence-corrected chi connectivity index (χ2v) is 4.32. The molecule has 0 aliphatic carbocycles. The highest BCUT2D eigenvalue weighted by Crippen LogP contribution is 2.12. The zero-order valence-corrected chi connectivity index (χ0v) is 9.71. The highest BCUT2D eigenvalue weighted by atomic mass is 32.1. The van der Waals surface area contributed by atoms with E-state index in [1.807, 2.05) is 13.3 Å². The lowest BCUT2D eigenvalue weighted by molar-refractivity contribution is 0.531. The van der Waals surface area contributed by atoms with E-state index in [1.165, 1.54) is 10.4 Å². The molecule has 80 valence electrons. The third-order valence-electron chi connectivity index (χ3n) is 2.21. The van der Waals surface area contributed by atoms with E-state index >= 15 is 0 Å². The molecule has 0 radical (unpaired) electrons. The maximum atomic E-state index is 4.33. The molecule has 0 fully saturated rings. The van der Waals surface area contributed by atoms with Crippen LogP contribution in [-0.2, 0) is 0 Å². The van der Waals surface area contributed by atoms with Gasteiger partial charge in [0.05, 0.1) is 12.8 Å². The van der Waals surface area contributed by atoms with E-state index in [4.69, 9.17) is 0 Å². The van der Waals surface area contributed by atoms with Crippen LogP contribution in [-0.4, -0.2) is 37.3 Å². The van der Waals surface area contributed by atoms with E-state index in [0.717, 1.165) is 19.0 Å². The lowest BCUT2D eigenvalue weighted by atomic mass is 10.3. The van der Waals surface area contributed by atoms with Gasteiger partial charge in [0, 0.05) is 18.5 Å². The summed E-state index contributed by atoms with van der Waals surface area (Å²) in [6, 6.07) is 2.09. The standard InChI is InChI=1S/C10H14N4S/c1-8-3-6-15-9(8)7-13-14(2)10-11-4-5-12-10/h3,6-7H,4-5H2,1-2H3,(H,11,12)/b13-7+. The van der Waals surface area contributed by atoms with E-state index in [-0.39, 0.29) is 0 Å². The third kappa shape index (κ3) is 2.36. The third-order valence-corrected chi connectivity index (χ3v) is 3.17. The van der Waals surface area contributed by atoms with Crippen LogP contribution in [0.3, 0.4) is 0 Å². The maximum absolute atomic E-state index is 4.33. The summed E-state index contributed by atoms with van der Waals surface area (Å²) in [7, 11) is 1.90. The highest BCUT2D eigenvalue weighted by molar-refractivity contribution is 7.11. The molecule has 0 unspecified atom stereocenters. The van der Waals surface area contributed by atoms with Crippen molar-refractivity contribution in [2.75, 3.05) is 20.1 Å². The molecule has 0 amide bonds. The fraction of sp³-hybridized carbons (Fsp3) is 0.400. The largest absolute Gasteiger partial charge is 0.353 e. The molecule has 0 aromatic carbocycles. The molecular weight excluding hydrogens is 208 g/mol. The molecule has 1 aromatic rings. The zero-order valence-electron chi connectivity index (χ0n) is 8.90. The smallest absolute Gasteiger partial charge is 0.214 e. The molecule has 0 saturated carbocycles. The lowest BCUT2D eigenvalue weighted by Crippen LogP contribution is -2.32. The van der Waals surface area contributed by atoms with Gasteiger partial charge in [-0.1, -0.05) is 0 Å². The SMILES string of the molecule is Cc1ccsc1/C=N/N(C)C1=NCCN1. The number of hydrogen-bond acceptors (Lipinski definition) is 5. The number of hydrazone groups is 1.